The lowest BCUT2D eigenvalue weighted by atomic mass is 10.0. The zero-order valence-corrected chi connectivity index (χ0v) is 14.5. The molecular formula is C16H23ClN2O2S. The van der Waals surface area contributed by atoms with Crippen molar-refractivity contribution in [3.8, 4) is 0 Å². The molecule has 0 aliphatic carbocycles. The zero-order valence-electron chi connectivity index (χ0n) is 12.9. The lowest BCUT2D eigenvalue weighted by Crippen LogP contribution is -2.58. The molecular weight excluding hydrogens is 320 g/mol. The third-order valence-corrected chi connectivity index (χ3v) is 6.63. The Balaban J connectivity index is 1.78. The molecule has 122 valence electrons. The van der Waals surface area contributed by atoms with Crippen molar-refractivity contribution >= 4 is 21.4 Å². The van der Waals surface area contributed by atoms with Crippen LogP contribution in [0.1, 0.15) is 18.9 Å². The van der Waals surface area contributed by atoms with Crippen LogP contribution in [0.15, 0.2) is 24.3 Å². The Morgan fingerprint density at radius 3 is 2.55 bits per heavy atom. The van der Waals surface area contributed by atoms with Gasteiger partial charge in [0.1, 0.15) is 0 Å². The van der Waals surface area contributed by atoms with Crippen molar-refractivity contribution < 1.29 is 8.42 Å². The van der Waals surface area contributed by atoms with Gasteiger partial charge in [0.05, 0.1) is 11.5 Å². The van der Waals surface area contributed by atoms with Crippen molar-refractivity contribution in [2.75, 3.05) is 31.1 Å². The monoisotopic (exact) mass is 342 g/mol. The molecule has 0 N–H and O–H groups in total. The molecule has 2 atom stereocenters. The van der Waals surface area contributed by atoms with E-state index in [4.69, 9.17) is 11.6 Å². The molecule has 1 aromatic rings. The summed E-state index contributed by atoms with van der Waals surface area (Å²) in [6.45, 7) is 5.78. The summed E-state index contributed by atoms with van der Waals surface area (Å²) in [6.07, 6.45) is 1.07. The fourth-order valence-electron chi connectivity index (χ4n) is 3.73. The molecule has 2 fully saturated rings. The molecule has 0 radical (unpaired) electrons. The highest BCUT2D eigenvalue weighted by Gasteiger charge is 2.45. The fourth-order valence-corrected chi connectivity index (χ4v) is 5.98. The lowest BCUT2D eigenvalue weighted by molar-refractivity contribution is 0.0405. The average molecular weight is 343 g/mol. The Morgan fingerprint density at radius 1 is 1.18 bits per heavy atom. The molecule has 2 saturated heterocycles. The molecule has 0 unspecified atom stereocenters. The standard InChI is InChI=1S/C16H23ClN2O2S/c1-2-6-18-7-8-19(10-13-4-3-5-14(17)9-13)16-12-22(20,21)11-15(16)18/h3-5,9,15-16H,2,6-8,10-12H2,1H3/t15-,16+/m1/s1. The van der Waals surface area contributed by atoms with Crippen molar-refractivity contribution in [3.63, 3.8) is 0 Å². The molecule has 2 aliphatic heterocycles. The summed E-state index contributed by atoms with van der Waals surface area (Å²) >= 11 is 6.06. The van der Waals surface area contributed by atoms with Gasteiger partial charge in [-0.1, -0.05) is 30.7 Å². The van der Waals surface area contributed by atoms with Crippen LogP contribution >= 0.6 is 11.6 Å². The number of piperazine rings is 1. The van der Waals surface area contributed by atoms with Gasteiger partial charge in [0.15, 0.2) is 9.84 Å². The summed E-state index contributed by atoms with van der Waals surface area (Å²) in [6, 6.07) is 8.12. The quantitative estimate of drug-likeness (QED) is 0.839. The van der Waals surface area contributed by atoms with Crippen LogP contribution < -0.4 is 0 Å². The maximum Gasteiger partial charge on any atom is 0.153 e. The zero-order chi connectivity index (χ0) is 15.7. The molecule has 4 nitrogen and oxygen atoms in total. The summed E-state index contributed by atoms with van der Waals surface area (Å²) in [4.78, 5) is 4.69. The molecule has 2 aliphatic rings. The van der Waals surface area contributed by atoms with Gasteiger partial charge in [-0.25, -0.2) is 8.42 Å². The minimum atomic E-state index is -2.92. The highest BCUT2D eigenvalue weighted by molar-refractivity contribution is 7.91. The van der Waals surface area contributed by atoms with Crippen LogP contribution in [-0.2, 0) is 16.4 Å². The van der Waals surface area contributed by atoms with E-state index in [1.807, 2.05) is 18.2 Å². The van der Waals surface area contributed by atoms with Gasteiger partial charge in [0.25, 0.3) is 0 Å². The van der Waals surface area contributed by atoms with E-state index in [2.05, 4.69) is 22.8 Å². The SMILES string of the molecule is CCCN1CCN(Cc2cccc(Cl)c2)[C@H]2CS(=O)(=O)C[C@H]21. The van der Waals surface area contributed by atoms with Crippen molar-refractivity contribution in [3.05, 3.63) is 34.9 Å². The Bertz CT molecular complexity index is 635. The summed E-state index contributed by atoms with van der Waals surface area (Å²) in [5, 5.41) is 0.734. The van der Waals surface area contributed by atoms with E-state index < -0.39 is 9.84 Å². The van der Waals surface area contributed by atoms with E-state index in [-0.39, 0.29) is 12.1 Å². The van der Waals surface area contributed by atoms with E-state index in [1.165, 1.54) is 0 Å². The van der Waals surface area contributed by atoms with Crippen LogP contribution in [0, 0.1) is 0 Å². The Morgan fingerprint density at radius 2 is 1.86 bits per heavy atom. The molecule has 2 heterocycles. The maximum absolute atomic E-state index is 12.1. The first-order chi connectivity index (χ1) is 10.5. The molecule has 0 spiro atoms. The van der Waals surface area contributed by atoms with E-state index >= 15 is 0 Å². The second-order valence-corrected chi connectivity index (χ2v) is 8.94. The molecule has 0 amide bonds. The number of halogens is 1. The van der Waals surface area contributed by atoms with E-state index in [0.717, 1.165) is 43.2 Å². The highest BCUT2D eigenvalue weighted by atomic mass is 35.5. The number of fused-ring (bicyclic) bond motifs is 1. The topological polar surface area (TPSA) is 40.6 Å². The number of hydrogen-bond donors (Lipinski definition) is 0. The van der Waals surface area contributed by atoms with Gasteiger partial charge in [-0.2, -0.15) is 0 Å². The van der Waals surface area contributed by atoms with Gasteiger partial charge in [-0.3, -0.25) is 9.80 Å². The Labute approximate surface area is 138 Å². The number of hydrogen-bond acceptors (Lipinski definition) is 4. The van der Waals surface area contributed by atoms with Crippen molar-refractivity contribution in [1.29, 1.82) is 0 Å². The van der Waals surface area contributed by atoms with Crippen LogP contribution in [0.2, 0.25) is 5.02 Å². The largest absolute Gasteiger partial charge is 0.297 e. The van der Waals surface area contributed by atoms with Gasteiger partial charge in [-0.05, 0) is 30.7 Å². The second kappa shape index (κ2) is 6.48. The molecule has 0 aromatic heterocycles. The fraction of sp³-hybridized carbons (Fsp3) is 0.625. The van der Waals surface area contributed by atoms with E-state index in [0.29, 0.717) is 11.5 Å². The third-order valence-electron chi connectivity index (χ3n) is 4.69. The van der Waals surface area contributed by atoms with Crippen LogP contribution in [0.4, 0.5) is 0 Å². The van der Waals surface area contributed by atoms with Crippen molar-refractivity contribution in [1.82, 2.24) is 9.80 Å². The second-order valence-electron chi connectivity index (χ2n) is 6.35. The van der Waals surface area contributed by atoms with Gasteiger partial charge >= 0.3 is 0 Å². The third kappa shape index (κ3) is 3.48. The molecule has 22 heavy (non-hydrogen) atoms. The molecule has 3 rings (SSSR count). The van der Waals surface area contributed by atoms with E-state index in [1.54, 1.807) is 0 Å². The number of sulfone groups is 1. The minimum absolute atomic E-state index is 0.115. The predicted octanol–water partition coefficient (Wildman–Crippen LogP) is 2.03. The predicted molar refractivity (Wildman–Crippen MR) is 90.0 cm³/mol. The highest BCUT2D eigenvalue weighted by Crippen LogP contribution is 2.28. The molecule has 0 bridgehead atoms. The first-order valence-electron chi connectivity index (χ1n) is 7.91. The van der Waals surface area contributed by atoms with Crippen LogP contribution in [0.3, 0.4) is 0 Å². The summed E-state index contributed by atoms with van der Waals surface area (Å²) in [7, 11) is -2.92. The Kier molecular flexibility index (Phi) is 4.78. The van der Waals surface area contributed by atoms with E-state index in [9.17, 15) is 8.42 Å². The van der Waals surface area contributed by atoms with Crippen LogP contribution in [0.25, 0.3) is 0 Å². The number of benzene rings is 1. The lowest BCUT2D eigenvalue weighted by Gasteiger charge is -2.44. The smallest absolute Gasteiger partial charge is 0.153 e. The number of rotatable bonds is 4. The summed E-state index contributed by atoms with van der Waals surface area (Å²) in [5.74, 6) is 0.599. The summed E-state index contributed by atoms with van der Waals surface area (Å²) in [5.41, 5.74) is 1.15. The first kappa shape index (κ1) is 16.2. The van der Waals surface area contributed by atoms with Crippen LogP contribution in [-0.4, -0.2) is 61.4 Å². The maximum atomic E-state index is 12.1. The Hall–Kier alpha value is -0.620. The number of nitrogens with zero attached hydrogens (tertiary/aromatic N) is 2. The van der Waals surface area contributed by atoms with Gasteiger partial charge < -0.3 is 0 Å². The first-order valence-corrected chi connectivity index (χ1v) is 10.1. The van der Waals surface area contributed by atoms with Crippen molar-refractivity contribution in [2.24, 2.45) is 0 Å². The molecule has 6 heteroatoms. The van der Waals surface area contributed by atoms with Gasteiger partial charge in [0, 0.05) is 36.7 Å². The molecule has 0 saturated carbocycles. The average Bonchev–Trinajstić information content (AvgIpc) is 2.78. The normalized spacial score (nSPS) is 28.6. The minimum Gasteiger partial charge on any atom is -0.297 e. The van der Waals surface area contributed by atoms with Crippen molar-refractivity contribution in [2.45, 2.75) is 32.0 Å². The molecule has 1 aromatic carbocycles. The van der Waals surface area contributed by atoms with Crippen LogP contribution in [0.5, 0.6) is 0 Å². The van der Waals surface area contributed by atoms with Gasteiger partial charge in [0.2, 0.25) is 0 Å². The van der Waals surface area contributed by atoms with Gasteiger partial charge in [-0.15, -0.1) is 0 Å². The summed E-state index contributed by atoms with van der Waals surface area (Å²) < 4.78 is 24.2.